The molecular weight excluding hydrogens is 364 g/mol. The maximum Gasteiger partial charge on any atom is 0.255 e. The van der Waals surface area contributed by atoms with E-state index in [9.17, 15) is 21.6 Å². The first-order valence-electron chi connectivity index (χ1n) is 7.15. The Morgan fingerprint density at radius 1 is 0.960 bits per heavy atom. The number of hydrogen-bond acceptors (Lipinski definition) is 5. The summed E-state index contributed by atoms with van der Waals surface area (Å²) in [6.07, 6.45) is 1.05. The number of primary sulfonamides is 1. The molecule has 7 nitrogen and oxygen atoms in total. The number of hydrogen-bond donors (Lipinski definition) is 2. The number of nitrogens with one attached hydrogen (secondary N) is 1. The van der Waals surface area contributed by atoms with Crippen molar-refractivity contribution in [3.8, 4) is 0 Å². The average Bonchev–Trinajstić information content (AvgIpc) is 2.47. The first kappa shape index (κ1) is 19.1. The summed E-state index contributed by atoms with van der Waals surface area (Å²) in [7, 11) is -7.38. The number of amides is 1. The average molecular weight is 382 g/mol. The van der Waals surface area contributed by atoms with Gasteiger partial charge in [0.05, 0.1) is 9.79 Å². The van der Waals surface area contributed by atoms with Gasteiger partial charge in [-0.2, -0.15) is 0 Å². The van der Waals surface area contributed by atoms with Gasteiger partial charge in [-0.25, -0.2) is 22.0 Å². The Bertz CT molecular complexity index is 1060. The lowest BCUT2D eigenvalue weighted by Crippen LogP contribution is -2.17. The van der Waals surface area contributed by atoms with Crippen molar-refractivity contribution in [3.05, 3.63) is 53.1 Å². The van der Waals surface area contributed by atoms with Gasteiger partial charge in [-0.05, 0) is 49.2 Å². The second kappa shape index (κ2) is 6.58. The quantitative estimate of drug-likeness (QED) is 0.831. The lowest BCUT2D eigenvalue weighted by Gasteiger charge is -2.11. The molecule has 2 rings (SSSR count). The van der Waals surface area contributed by atoms with Gasteiger partial charge in [0.2, 0.25) is 10.0 Å². The topological polar surface area (TPSA) is 123 Å². The molecule has 2 aromatic rings. The van der Waals surface area contributed by atoms with Gasteiger partial charge in [0.25, 0.3) is 5.91 Å². The molecule has 9 heteroatoms. The van der Waals surface area contributed by atoms with Crippen LogP contribution in [0, 0.1) is 13.8 Å². The van der Waals surface area contributed by atoms with Crippen LogP contribution < -0.4 is 10.5 Å². The van der Waals surface area contributed by atoms with Crippen molar-refractivity contribution in [1.29, 1.82) is 0 Å². The van der Waals surface area contributed by atoms with Crippen LogP contribution in [0.5, 0.6) is 0 Å². The molecule has 0 aliphatic heterocycles. The Balaban J connectivity index is 2.41. The lowest BCUT2D eigenvalue weighted by molar-refractivity contribution is 0.102. The van der Waals surface area contributed by atoms with Crippen LogP contribution in [0.2, 0.25) is 0 Å². The standard InChI is InChI=1S/C16H18N2O5S2/c1-10-5-7-13(24(3,20)21)9-14(10)16(19)18-12-6-4-11(2)15(8-12)25(17,22)23/h4-9H,1-3H3,(H,18,19)(H2,17,22,23). The molecule has 0 saturated heterocycles. The minimum absolute atomic E-state index is 0.0254. The fourth-order valence-corrected chi connectivity index (χ4v) is 3.71. The molecule has 0 unspecified atom stereocenters. The van der Waals surface area contributed by atoms with E-state index in [-0.39, 0.29) is 21.0 Å². The third kappa shape index (κ3) is 4.44. The van der Waals surface area contributed by atoms with Crippen molar-refractivity contribution in [1.82, 2.24) is 0 Å². The molecule has 134 valence electrons. The van der Waals surface area contributed by atoms with Crippen molar-refractivity contribution in [3.63, 3.8) is 0 Å². The van der Waals surface area contributed by atoms with Crippen molar-refractivity contribution in [2.24, 2.45) is 5.14 Å². The molecule has 0 aliphatic rings. The van der Waals surface area contributed by atoms with Gasteiger partial charge >= 0.3 is 0 Å². The van der Waals surface area contributed by atoms with Gasteiger partial charge in [0.1, 0.15) is 0 Å². The molecule has 2 aromatic carbocycles. The number of benzene rings is 2. The van der Waals surface area contributed by atoms with Crippen molar-refractivity contribution in [2.45, 2.75) is 23.6 Å². The van der Waals surface area contributed by atoms with Crippen LogP contribution in [0.4, 0.5) is 5.69 Å². The largest absolute Gasteiger partial charge is 0.322 e. The second-order valence-corrected chi connectivity index (χ2v) is 9.27. The number of anilines is 1. The zero-order chi connectivity index (χ0) is 19.0. The van der Waals surface area contributed by atoms with E-state index in [1.54, 1.807) is 13.8 Å². The molecule has 0 atom stereocenters. The Hall–Kier alpha value is -2.23. The summed E-state index contributed by atoms with van der Waals surface area (Å²) in [4.78, 5) is 12.4. The SMILES string of the molecule is Cc1ccc(S(C)(=O)=O)cc1C(=O)Nc1ccc(C)c(S(N)(=O)=O)c1. The number of carbonyl (C=O) groups excluding carboxylic acids is 1. The molecular formula is C16H18N2O5S2. The lowest BCUT2D eigenvalue weighted by atomic mass is 10.1. The summed E-state index contributed by atoms with van der Waals surface area (Å²) in [6.45, 7) is 3.26. The third-order valence-corrected chi connectivity index (χ3v) is 5.80. The van der Waals surface area contributed by atoms with Crippen LogP contribution >= 0.6 is 0 Å². The maximum atomic E-state index is 12.5. The van der Waals surface area contributed by atoms with Gasteiger partial charge in [-0.15, -0.1) is 0 Å². The monoisotopic (exact) mass is 382 g/mol. The summed E-state index contributed by atoms with van der Waals surface area (Å²) < 4.78 is 46.5. The molecule has 0 aliphatic carbocycles. The number of carbonyl (C=O) groups is 1. The zero-order valence-corrected chi connectivity index (χ0v) is 15.5. The van der Waals surface area contributed by atoms with Gasteiger partial charge in [-0.3, -0.25) is 4.79 Å². The maximum absolute atomic E-state index is 12.5. The van der Waals surface area contributed by atoms with Crippen molar-refractivity contribution in [2.75, 3.05) is 11.6 Å². The van der Waals surface area contributed by atoms with Crippen molar-refractivity contribution >= 4 is 31.5 Å². The first-order valence-corrected chi connectivity index (χ1v) is 10.6. The van der Waals surface area contributed by atoms with E-state index in [2.05, 4.69) is 5.32 Å². The van der Waals surface area contributed by atoms with E-state index in [1.807, 2.05) is 0 Å². The van der Waals surface area contributed by atoms with E-state index in [0.29, 0.717) is 11.1 Å². The predicted octanol–water partition coefficient (Wildman–Crippen LogP) is 1.61. The summed E-state index contributed by atoms with van der Waals surface area (Å²) in [5.74, 6) is -0.549. The molecule has 0 saturated carbocycles. The van der Waals surface area contributed by atoms with Crippen LogP contribution in [0.1, 0.15) is 21.5 Å². The Morgan fingerprint density at radius 3 is 2.12 bits per heavy atom. The van der Waals surface area contributed by atoms with Crippen LogP contribution in [0.3, 0.4) is 0 Å². The van der Waals surface area contributed by atoms with Crippen molar-refractivity contribution < 1.29 is 21.6 Å². The fourth-order valence-electron chi connectivity index (χ4n) is 2.26. The van der Waals surface area contributed by atoms with E-state index in [0.717, 1.165) is 6.26 Å². The zero-order valence-electron chi connectivity index (χ0n) is 13.9. The van der Waals surface area contributed by atoms with Crippen LogP contribution in [0.15, 0.2) is 46.2 Å². The highest BCUT2D eigenvalue weighted by molar-refractivity contribution is 7.90. The van der Waals surface area contributed by atoms with E-state index < -0.39 is 25.8 Å². The Morgan fingerprint density at radius 2 is 1.56 bits per heavy atom. The molecule has 0 bridgehead atoms. The number of sulfone groups is 1. The van der Waals surface area contributed by atoms with Crippen LogP contribution in [0.25, 0.3) is 0 Å². The third-order valence-electron chi connectivity index (χ3n) is 3.63. The fraction of sp³-hybridized carbons (Fsp3) is 0.188. The van der Waals surface area contributed by atoms with E-state index in [1.165, 1.54) is 36.4 Å². The summed E-state index contributed by atoms with van der Waals surface area (Å²) in [5, 5.41) is 7.72. The van der Waals surface area contributed by atoms with Gasteiger partial charge < -0.3 is 5.32 Å². The minimum atomic E-state index is -3.92. The Kier molecular flexibility index (Phi) is 5.03. The molecule has 0 radical (unpaired) electrons. The smallest absolute Gasteiger partial charge is 0.255 e. The van der Waals surface area contributed by atoms with E-state index >= 15 is 0 Å². The molecule has 0 heterocycles. The molecule has 0 spiro atoms. The molecule has 3 N–H and O–H groups in total. The molecule has 25 heavy (non-hydrogen) atoms. The number of sulfonamides is 1. The minimum Gasteiger partial charge on any atom is -0.322 e. The highest BCUT2D eigenvalue weighted by Gasteiger charge is 2.16. The summed E-state index contributed by atoms with van der Waals surface area (Å²) >= 11 is 0. The molecule has 0 fully saturated rings. The predicted molar refractivity (Wildman–Crippen MR) is 94.8 cm³/mol. The highest BCUT2D eigenvalue weighted by atomic mass is 32.2. The second-order valence-electron chi connectivity index (χ2n) is 5.73. The van der Waals surface area contributed by atoms with Crippen LogP contribution in [-0.4, -0.2) is 29.0 Å². The Labute approximate surface area is 146 Å². The normalized spacial score (nSPS) is 12.0. The summed E-state index contributed by atoms with van der Waals surface area (Å²) in [6, 6.07) is 8.57. The van der Waals surface area contributed by atoms with E-state index in [4.69, 9.17) is 5.14 Å². The van der Waals surface area contributed by atoms with Gasteiger partial charge in [0.15, 0.2) is 9.84 Å². The number of rotatable bonds is 4. The number of aryl methyl sites for hydroxylation is 2. The van der Waals surface area contributed by atoms with Crippen LogP contribution in [-0.2, 0) is 19.9 Å². The van der Waals surface area contributed by atoms with Gasteiger partial charge in [-0.1, -0.05) is 12.1 Å². The molecule has 1 amide bonds. The first-order chi connectivity index (χ1) is 11.4. The van der Waals surface area contributed by atoms with Gasteiger partial charge in [0, 0.05) is 17.5 Å². The molecule has 0 aromatic heterocycles. The summed E-state index contributed by atoms with van der Waals surface area (Å²) in [5.41, 5.74) is 1.46. The highest BCUT2D eigenvalue weighted by Crippen LogP contribution is 2.21. The number of nitrogens with two attached hydrogens (primary N) is 1.